The maximum Gasteiger partial charge on any atom is 0.172 e. The number of para-hydroxylation sites is 1. The molecule has 0 saturated carbocycles. The van der Waals surface area contributed by atoms with Gasteiger partial charge < -0.3 is 9.47 Å². The van der Waals surface area contributed by atoms with Crippen molar-refractivity contribution in [2.24, 2.45) is 0 Å². The highest BCUT2D eigenvalue weighted by Gasteiger charge is 2.05. The smallest absolute Gasteiger partial charge is 0.172 e. The minimum atomic E-state index is 0.198. The van der Waals surface area contributed by atoms with Crippen LogP contribution in [0.3, 0.4) is 0 Å². The van der Waals surface area contributed by atoms with E-state index in [2.05, 4.69) is 0 Å². The van der Waals surface area contributed by atoms with Crippen LogP contribution in [0.15, 0.2) is 47.8 Å². The van der Waals surface area contributed by atoms with Crippen molar-refractivity contribution in [2.75, 3.05) is 19.8 Å². The first kappa shape index (κ1) is 14.8. The molecule has 0 aliphatic rings. The van der Waals surface area contributed by atoms with E-state index in [4.69, 9.17) is 9.47 Å². The number of rotatable bonds is 9. The third-order valence-electron chi connectivity index (χ3n) is 2.73. The average Bonchev–Trinajstić information content (AvgIpc) is 3.01. The Morgan fingerprint density at radius 3 is 2.60 bits per heavy atom. The van der Waals surface area contributed by atoms with Crippen molar-refractivity contribution in [3.05, 3.63) is 52.7 Å². The molecule has 0 amide bonds. The van der Waals surface area contributed by atoms with Gasteiger partial charge in [-0.3, -0.25) is 4.79 Å². The zero-order chi connectivity index (χ0) is 14.0. The Morgan fingerprint density at radius 1 is 1.00 bits per heavy atom. The molecule has 106 valence electrons. The second-order valence-corrected chi connectivity index (χ2v) is 5.23. The molecule has 2 rings (SSSR count). The summed E-state index contributed by atoms with van der Waals surface area (Å²) in [6, 6.07) is 13.4. The van der Waals surface area contributed by atoms with Crippen LogP contribution in [0.4, 0.5) is 0 Å². The molecule has 1 aromatic carbocycles. The SMILES string of the molecule is O=C(CCCOCCOc1ccccc1)c1cccs1. The number of hydrogen-bond donors (Lipinski definition) is 0. The Hall–Kier alpha value is -1.65. The summed E-state index contributed by atoms with van der Waals surface area (Å²) < 4.78 is 11.0. The lowest BCUT2D eigenvalue weighted by Gasteiger charge is -2.06. The minimum absolute atomic E-state index is 0.198. The molecule has 4 heteroatoms. The third-order valence-corrected chi connectivity index (χ3v) is 3.64. The predicted octanol–water partition coefficient (Wildman–Crippen LogP) is 3.81. The van der Waals surface area contributed by atoms with E-state index in [0.29, 0.717) is 26.2 Å². The Balaban J connectivity index is 1.49. The largest absolute Gasteiger partial charge is 0.491 e. The van der Waals surface area contributed by atoms with Gasteiger partial charge in [-0.05, 0) is 30.0 Å². The maximum absolute atomic E-state index is 11.7. The summed E-state index contributed by atoms with van der Waals surface area (Å²) in [7, 11) is 0. The molecular formula is C16H18O3S. The van der Waals surface area contributed by atoms with Crippen molar-refractivity contribution in [1.82, 2.24) is 0 Å². The molecule has 0 unspecified atom stereocenters. The number of carbonyl (C=O) groups excluding carboxylic acids is 1. The number of ketones is 1. The Bertz CT molecular complexity index is 494. The summed E-state index contributed by atoms with van der Waals surface area (Å²) in [5, 5.41) is 1.92. The van der Waals surface area contributed by atoms with Crippen LogP contribution in [-0.4, -0.2) is 25.6 Å². The fraction of sp³-hybridized carbons (Fsp3) is 0.312. The Labute approximate surface area is 123 Å². The molecule has 0 radical (unpaired) electrons. The highest BCUT2D eigenvalue weighted by molar-refractivity contribution is 7.12. The first-order chi connectivity index (χ1) is 9.86. The fourth-order valence-electron chi connectivity index (χ4n) is 1.73. The summed E-state index contributed by atoms with van der Waals surface area (Å²) in [5.74, 6) is 1.05. The van der Waals surface area contributed by atoms with Gasteiger partial charge >= 0.3 is 0 Å². The number of benzene rings is 1. The topological polar surface area (TPSA) is 35.5 Å². The van der Waals surface area contributed by atoms with Crippen LogP contribution in [0.5, 0.6) is 5.75 Å². The summed E-state index contributed by atoms with van der Waals surface area (Å²) >= 11 is 1.49. The molecule has 0 N–H and O–H groups in total. The van der Waals surface area contributed by atoms with Crippen molar-refractivity contribution in [2.45, 2.75) is 12.8 Å². The molecule has 0 spiro atoms. The minimum Gasteiger partial charge on any atom is -0.491 e. The van der Waals surface area contributed by atoms with Crippen molar-refractivity contribution in [3.8, 4) is 5.75 Å². The third kappa shape index (κ3) is 5.15. The van der Waals surface area contributed by atoms with Crippen LogP contribution in [0, 0.1) is 0 Å². The highest BCUT2D eigenvalue weighted by atomic mass is 32.1. The first-order valence-corrected chi connectivity index (χ1v) is 7.56. The van der Waals surface area contributed by atoms with E-state index in [0.717, 1.165) is 17.0 Å². The van der Waals surface area contributed by atoms with Crippen molar-refractivity contribution in [3.63, 3.8) is 0 Å². The molecule has 2 aromatic rings. The van der Waals surface area contributed by atoms with E-state index in [1.807, 2.05) is 47.8 Å². The number of thiophene rings is 1. The van der Waals surface area contributed by atoms with Gasteiger partial charge in [0.15, 0.2) is 5.78 Å². The van der Waals surface area contributed by atoms with E-state index in [1.165, 1.54) is 11.3 Å². The van der Waals surface area contributed by atoms with Gasteiger partial charge in [0.1, 0.15) is 12.4 Å². The van der Waals surface area contributed by atoms with Crippen LogP contribution in [0.25, 0.3) is 0 Å². The van der Waals surface area contributed by atoms with Gasteiger partial charge in [-0.1, -0.05) is 24.3 Å². The van der Waals surface area contributed by atoms with Crippen LogP contribution < -0.4 is 4.74 Å². The molecule has 20 heavy (non-hydrogen) atoms. The summed E-state index contributed by atoms with van der Waals surface area (Å²) in [6.07, 6.45) is 1.29. The van der Waals surface area contributed by atoms with Crippen molar-refractivity contribution >= 4 is 17.1 Å². The van der Waals surface area contributed by atoms with E-state index < -0.39 is 0 Å². The van der Waals surface area contributed by atoms with Gasteiger partial charge in [0, 0.05) is 13.0 Å². The molecule has 1 heterocycles. The summed E-state index contributed by atoms with van der Waals surface area (Å²) in [5.41, 5.74) is 0. The molecule has 0 atom stereocenters. The van der Waals surface area contributed by atoms with Crippen LogP contribution in [0.2, 0.25) is 0 Å². The van der Waals surface area contributed by atoms with Crippen LogP contribution >= 0.6 is 11.3 Å². The zero-order valence-corrected chi connectivity index (χ0v) is 12.1. The van der Waals surface area contributed by atoms with Crippen LogP contribution in [0.1, 0.15) is 22.5 Å². The van der Waals surface area contributed by atoms with Gasteiger partial charge in [0.05, 0.1) is 11.5 Å². The molecule has 0 fully saturated rings. The second kappa shape index (κ2) is 8.51. The van der Waals surface area contributed by atoms with E-state index in [1.54, 1.807) is 0 Å². The van der Waals surface area contributed by atoms with Crippen molar-refractivity contribution in [1.29, 1.82) is 0 Å². The monoisotopic (exact) mass is 290 g/mol. The number of ether oxygens (including phenoxy) is 2. The Kier molecular flexibility index (Phi) is 6.27. The number of hydrogen-bond acceptors (Lipinski definition) is 4. The Morgan fingerprint density at radius 2 is 1.85 bits per heavy atom. The van der Waals surface area contributed by atoms with Gasteiger partial charge in [0.25, 0.3) is 0 Å². The summed E-state index contributed by atoms with van der Waals surface area (Å²) in [4.78, 5) is 12.5. The second-order valence-electron chi connectivity index (χ2n) is 4.28. The quantitative estimate of drug-likeness (QED) is 0.520. The maximum atomic E-state index is 11.7. The average molecular weight is 290 g/mol. The lowest BCUT2D eigenvalue weighted by molar-refractivity contribution is 0.0873. The van der Waals surface area contributed by atoms with E-state index in [9.17, 15) is 4.79 Å². The molecule has 0 aliphatic heterocycles. The lowest BCUT2D eigenvalue weighted by Crippen LogP contribution is -2.08. The molecular weight excluding hydrogens is 272 g/mol. The van der Waals surface area contributed by atoms with E-state index in [-0.39, 0.29) is 5.78 Å². The summed E-state index contributed by atoms with van der Waals surface area (Å²) in [6.45, 7) is 1.67. The molecule has 0 saturated heterocycles. The lowest BCUT2D eigenvalue weighted by atomic mass is 10.2. The zero-order valence-electron chi connectivity index (χ0n) is 11.3. The number of carbonyl (C=O) groups is 1. The van der Waals surface area contributed by atoms with Crippen LogP contribution in [-0.2, 0) is 4.74 Å². The van der Waals surface area contributed by atoms with Crippen molar-refractivity contribution < 1.29 is 14.3 Å². The number of Topliss-reactive ketones (excluding diaryl/α,β-unsaturated/α-hetero) is 1. The molecule has 0 aliphatic carbocycles. The predicted molar refractivity (Wildman–Crippen MR) is 80.6 cm³/mol. The molecule has 3 nitrogen and oxygen atoms in total. The van der Waals surface area contributed by atoms with Gasteiger partial charge in [0.2, 0.25) is 0 Å². The standard InChI is InChI=1S/C16H18O3S/c17-15(16-9-5-13-20-16)8-4-10-18-11-12-19-14-6-2-1-3-7-14/h1-3,5-7,9,13H,4,8,10-12H2. The highest BCUT2D eigenvalue weighted by Crippen LogP contribution is 2.12. The normalized spacial score (nSPS) is 10.4. The van der Waals surface area contributed by atoms with E-state index >= 15 is 0 Å². The first-order valence-electron chi connectivity index (χ1n) is 6.68. The molecule has 0 bridgehead atoms. The van der Waals surface area contributed by atoms with Gasteiger partial charge in [-0.25, -0.2) is 0 Å². The molecule has 1 aromatic heterocycles. The van der Waals surface area contributed by atoms with Gasteiger partial charge in [-0.2, -0.15) is 0 Å². The fourth-order valence-corrected chi connectivity index (χ4v) is 2.43. The van der Waals surface area contributed by atoms with Gasteiger partial charge in [-0.15, -0.1) is 11.3 Å².